The molecule has 0 fully saturated rings. The second-order valence-corrected chi connectivity index (χ2v) is 5.48. The maximum Gasteiger partial charge on any atom is 0.265 e. The lowest BCUT2D eigenvalue weighted by Gasteiger charge is -2.04. The molecule has 0 saturated heterocycles. The van der Waals surface area contributed by atoms with Gasteiger partial charge in [-0.1, -0.05) is 12.1 Å². The zero-order valence-corrected chi connectivity index (χ0v) is 10.5. The van der Waals surface area contributed by atoms with Crippen LogP contribution in [0.2, 0.25) is 0 Å². The fourth-order valence-electron chi connectivity index (χ4n) is 2.19. The Bertz CT molecular complexity index is 584. The van der Waals surface area contributed by atoms with Crippen LogP contribution < -0.4 is 5.32 Å². The number of carbonyl (C=O) groups is 1. The van der Waals surface area contributed by atoms with E-state index in [4.69, 9.17) is 0 Å². The molecule has 1 amide bonds. The van der Waals surface area contributed by atoms with Crippen LogP contribution in [-0.4, -0.2) is 5.91 Å². The molecule has 2 aromatic rings. The van der Waals surface area contributed by atoms with Gasteiger partial charge in [0.05, 0.1) is 10.6 Å². The second kappa shape index (κ2) is 4.53. The van der Waals surface area contributed by atoms with Gasteiger partial charge in [0, 0.05) is 4.88 Å². The zero-order chi connectivity index (χ0) is 12.5. The predicted octanol–water partition coefficient (Wildman–Crippen LogP) is 3.63. The molecule has 0 bridgehead atoms. The van der Waals surface area contributed by atoms with Crippen molar-refractivity contribution in [3.8, 4) is 0 Å². The van der Waals surface area contributed by atoms with Gasteiger partial charge in [0.2, 0.25) is 0 Å². The summed E-state index contributed by atoms with van der Waals surface area (Å²) in [5.41, 5.74) is 1.51. The predicted molar refractivity (Wildman–Crippen MR) is 70.7 cm³/mol. The molecule has 0 atom stereocenters. The van der Waals surface area contributed by atoms with Gasteiger partial charge in [-0.05, 0) is 43.0 Å². The normalized spacial score (nSPS) is 13.4. The van der Waals surface area contributed by atoms with E-state index < -0.39 is 5.82 Å². The van der Waals surface area contributed by atoms with Crippen molar-refractivity contribution in [3.05, 3.63) is 51.5 Å². The van der Waals surface area contributed by atoms with E-state index in [9.17, 15) is 9.18 Å². The van der Waals surface area contributed by atoms with Gasteiger partial charge in [0.1, 0.15) is 5.82 Å². The summed E-state index contributed by atoms with van der Waals surface area (Å²) in [6.45, 7) is 0. The lowest BCUT2D eigenvalue weighted by molar-refractivity contribution is 0.103. The van der Waals surface area contributed by atoms with E-state index in [0.29, 0.717) is 4.88 Å². The number of hydrogen-bond donors (Lipinski definition) is 1. The van der Waals surface area contributed by atoms with Crippen LogP contribution in [0, 0.1) is 5.82 Å². The molecule has 2 nitrogen and oxygen atoms in total. The largest absolute Gasteiger partial charge is 0.319 e. The summed E-state index contributed by atoms with van der Waals surface area (Å²) in [7, 11) is 0. The number of thiophene rings is 1. The van der Waals surface area contributed by atoms with Crippen LogP contribution in [0.15, 0.2) is 30.3 Å². The van der Waals surface area contributed by atoms with Crippen molar-refractivity contribution in [1.82, 2.24) is 0 Å². The Balaban J connectivity index is 1.81. The smallest absolute Gasteiger partial charge is 0.265 e. The van der Waals surface area contributed by atoms with Gasteiger partial charge in [-0.15, -0.1) is 11.3 Å². The summed E-state index contributed by atoms with van der Waals surface area (Å²) in [5.74, 6) is -0.630. The minimum Gasteiger partial charge on any atom is -0.319 e. The SMILES string of the molecule is O=C(Nc1ccccc1F)c1cc2c(s1)CCC2. The second-order valence-electron chi connectivity index (χ2n) is 4.35. The molecule has 1 aliphatic rings. The molecule has 3 rings (SSSR count). The minimum absolute atomic E-state index is 0.223. The first kappa shape index (κ1) is 11.4. The quantitative estimate of drug-likeness (QED) is 0.878. The third-order valence-electron chi connectivity index (χ3n) is 3.09. The highest BCUT2D eigenvalue weighted by molar-refractivity contribution is 7.14. The van der Waals surface area contributed by atoms with Gasteiger partial charge in [0.15, 0.2) is 0 Å². The minimum atomic E-state index is -0.407. The topological polar surface area (TPSA) is 29.1 Å². The van der Waals surface area contributed by atoms with Crippen molar-refractivity contribution in [2.45, 2.75) is 19.3 Å². The zero-order valence-electron chi connectivity index (χ0n) is 9.70. The van der Waals surface area contributed by atoms with Crippen molar-refractivity contribution in [2.24, 2.45) is 0 Å². The lowest BCUT2D eigenvalue weighted by atomic mass is 10.2. The maximum absolute atomic E-state index is 13.4. The van der Waals surface area contributed by atoms with Crippen molar-refractivity contribution in [3.63, 3.8) is 0 Å². The van der Waals surface area contributed by atoms with Crippen molar-refractivity contribution >= 4 is 22.9 Å². The number of rotatable bonds is 2. The highest BCUT2D eigenvalue weighted by Crippen LogP contribution is 2.31. The summed E-state index contributed by atoms with van der Waals surface area (Å²) in [6, 6.07) is 8.14. The number of aryl methyl sites for hydroxylation is 2. The molecule has 1 heterocycles. The fourth-order valence-corrected chi connectivity index (χ4v) is 3.34. The molecular formula is C14H12FNOS. The molecule has 0 aliphatic heterocycles. The summed E-state index contributed by atoms with van der Waals surface area (Å²) < 4.78 is 13.4. The maximum atomic E-state index is 13.4. The molecular weight excluding hydrogens is 249 g/mol. The van der Waals surface area contributed by atoms with Crippen LogP contribution in [0.25, 0.3) is 0 Å². The molecule has 92 valence electrons. The highest BCUT2D eigenvalue weighted by Gasteiger charge is 2.18. The van der Waals surface area contributed by atoms with Gasteiger partial charge in [-0.25, -0.2) is 4.39 Å². The van der Waals surface area contributed by atoms with Crippen LogP contribution >= 0.6 is 11.3 Å². The van der Waals surface area contributed by atoms with E-state index in [2.05, 4.69) is 5.32 Å². The standard InChI is InChI=1S/C14H12FNOS/c15-10-5-1-2-6-11(10)16-14(17)13-8-9-4-3-7-12(9)18-13/h1-2,5-6,8H,3-4,7H2,(H,16,17). The van der Waals surface area contributed by atoms with Crippen LogP contribution in [0.4, 0.5) is 10.1 Å². The average Bonchev–Trinajstić information content (AvgIpc) is 2.92. The summed E-state index contributed by atoms with van der Waals surface area (Å²) >= 11 is 1.52. The van der Waals surface area contributed by atoms with E-state index >= 15 is 0 Å². The van der Waals surface area contributed by atoms with Gasteiger partial charge in [0.25, 0.3) is 5.91 Å². The first-order chi connectivity index (χ1) is 8.74. The van der Waals surface area contributed by atoms with Crippen LogP contribution in [0.5, 0.6) is 0 Å². The van der Waals surface area contributed by atoms with Gasteiger partial charge < -0.3 is 5.32 Å². The van der Waals surface area contributed by atoms with E-state index in [1.807, 2.05) is 6.07 Å². The molecule has 1 N–H and O–H groups in total. The number of para-hydroxylation sites is 1. The third kappa shape index (κ3) is 2.04. The Morgan fingerprint density at radius 3 is 2.89 bits per heavy atom. The Labute approximate surface area is 108 Å². The molecule has 1 aliphatic carbocycles. The first-order valence-corrected chi connectivity index (χ1v) is 6.73. The Morgan fingerprint density at radius 1 is 1.28 bits per heavy atom. The van der Waals surface area contributed by atoms with Crippen LogP contribution in [0.1, 0.15) is 26.5 Å². The highest BCUT2D eigenvalue weighted by atomic mass is 32.1. The molecule has 18 heavy (non-hydrogen) atoms. The van der Waals surface area contributed by atoms with Crippen LogP contribution in [-0.2, 0) is 12.8 Å². The lowest BCUT2D eigenvalue weighted by Crippen LogP contribution is -2.11. The number of carbonyl (C=O) groups excluding carboxylic acids is 1. The van der Waals surface area contributed by atoms with Crippen molar-refractivity contribution < 1.29 is 9.18 Å². The van der Waals surface area contributed by atoms with Gasteiger partial charge >= 0.3 is 0 Å². The molecule has 1 aromatic heterocycles. The monoisotopic (exact) mass is 261 g/mol. The number of nitrogens with one attached hydrogen (secondary N) is 1. The van der Waals surface area contributed by atoms with Gasteiger partial charge in [-0.2, -0.15) is 0 Å². The fraction of sp³-hybridized carbons (Fsp3) is 0.214. The number of benzene rings is 1. The van der Waals surface area contributed by atoms with E-state index in [-0.39, 0.29) is 11.6 Å². The number of halogens is 1. The van der Waals surface area contributed by atoms with Gasteiger partial charge in [-0.3, -0.25) is 4.79 Å². The first-order valence-electron chi connectivity index (χ1n) is 5.91. The van der Waals surface area contributed by atoms with Crippen molar-refractivity contribution in [1.29, 1.82) is 0 Å². The van der Waals surface area contributed by atoms with Crippen molar-refractivity contribution in [2.75, 3.05) is 5.32 Å². The molecule has 0 radical (unpaired) electrons. The average molecular weight is 261 g/mol. The Morgan fingerprint density at radius 2 is 2.11 bits per heavy atom. The summed E-state index contributed by atoms with van der Waals surface area (Å²) in [4.78, 5) is 14.0. The molecule has 0 saturated carbocycles. The third-order valence-corrected chi connectivity index (χ3v) is 4.33. The number of anilines is 1. The molecule has 0 unspecified atom stereocenters. The van der Waals surface area contributed by atoms with E-state index in [1.54, 1.807) is 18.2 Å². The number of fused-ring (bicyclic) bond motifs is 1. The van der Waals surface area contributed by atoms with E-state index in [1.165, 1.54) is 34.3 Å². The summed E-state index contributed by atoms with van der Waals surface area (Å²) in [5, 5.41) is 2.61. The van der Waals surface area contributed by atoms with Crippen LogP contribution in [0.3, 0.4) is 0 Å². The Kier molecular flexibility index (Phi) is 2.88. The molecule has 4 heteroatoms. The summed E-state index contributed by atoms with van der Waals surface area (Å²) in [6.07, 6.45) is 3.29. The molecule has 0 spiro atoms. The Hall–Kier alpha value is -1.68. The molecule has 1 aromatic carbocycles. The number of amides is 1. The number of hydrogen-bond acceptors (Lipinski definition) is 2. The van der Waals surface area contributed by atoms with E-state index in [0.717, 1.165) is 12.8 Å².